The number of halogens is 1. The maximum absolute atomic E-state index is 5.68. The predicted octanol–water partition coefficient (Wildman–Crippen LogP) is 2.47. The number of pyridine rings is 1. The summed E-state index contributed by atoms with van der Waals surface area (Å²) in [7, 11) is 1.57. The van der Waals surface area contributed by atoms with Gasteiger partial charge >= 0.3 is 0 Å². The van der Waals surface area contributed by atoms with E-state index in [1.54, 1.807) is 19.3 Å². The van der Waals surface area contributed by atoms with Crippen molar-refractivity contribution >= 4 is 11.6 Å². The lowest BCUT2D eigenvalue weighted by Gasteiger charge is -2.04. The van der Waals surface area contributed by atoms with Gasteiger partial charge in [-0.05, 0) is 12.5 Å². The molecule has 0 fully saturated rings. The molecule has 64 valence electrons. The molecule has 2 nitrogen and oxygen atoms in total. The van der Waals surface area contributed by atoms with Crippen molar-refractivity contribution in [3.63, 3.8) is 0 Å². The van der Waals surface area contributed by atoms with Gasteiger partial charge in [0.25, 0.3) is 0 Å². The predicted molar refractivity (Wildman–Crippen MR) is 49.7 cm³/mol. The van der Waals surface area contributed by atoms with Crippen molar-refractivity contribution in [1.82, 2.24) is 4.98 Å². The second kappa shape index (κ2) is 4.12. The molecule has 0 aliphatic rings. The zero-order chi connectivity index (χ0) is 8.97. The van der Waals surface area contributed by atoms with Crippen molar-refractivity contribution in [2.75, 3.05) is 7.11 Å². The normalized spacial score (nSPS) is 9.50. The van der Waals surface area contributed by atoms with Gasteiger partial charge in [-0.25, -0.2) is 4.98 Å². The lowest BCUT2D eigenvalue weighted by Crippen LogP contribution is -1.93. The van der Waals surface area contributed by atoms with E-state index >= 15 is 0 Å². The third kappa shape index (κ3) is 1.98. The van der Waals surface area contributed by atoms with Crippen LogP contribution in [0.1, 0.15) is 5.56 Å². The number of methoxy groups -OCH3 is 1. The van der Waals surface area contributed by atoms with Crippen molar-refractivity contribution in [3.05, 3.63) is 35.5 Å². The quantitative estimate of drug-likeness (QED) is 0.531. The highest BCUT2D eigenvalue weighted by atomic mass is 35.5. The van der Waals surface area contributed by atoms with Crippen LogP contribution in [0.15, 0.2) is 24.8 Å². The molecule has 0 bridgehead atoms. The number of nitrogens with zero attached hydrogens (tertiary/aromatic N) is 1. The summed E-state index contributed by atoms with van der Waals surface area (Å²) in [5, 5.41) is 0.444. The van der Waals surface area contributed by atoms with Crippen LogP contribution in [-0.4, -0.2) is 12.1 Å². The Bertz CT molecular complexity index is 286. The van der Waals surface area contributed by atoms with Gasteiger partial charge in [-0.2, -0.15) is 0 Å². The average molecular weight is 184 g/mol. The Hall–Kier alpha value is -1.02. The highest BCUT2D eigenvalue weighted by Crippen LogP contribution is 2.18. The van der Waals surface area contributed by atoms with Crippen molar-refractivity contribution in [2.45, 2.75) is 6.42 Å². The number of hydrogen-bond acceptors (Lipinski definition) is 2. The summed E-state index contributed by atoms with van der Waals surface area (Å²) in [4.78, 5) is 4.01. The van der Waals surface area contributed by atoms with Crippen LogP contribution < -0.4 is 4.74 Å². The van der Waals surface area contributed by atoms with Crippen LogP contribution in [0, 0.1) is 0 Å². The van der Waals surface area contributed by atoms with Crippen LogP contribution in [0.2, 0.25) is 5.15 Å². The van der Waals surface area contributed by atoms with Crippen LogP contribution in [0.25, 0.3) is 0 Å². The molecule has 12 heavy (non-hydrogen) atoms. The monoisotopic (exact) mass is 183 g/mol. The van der Waals surface area contributed by atoms with Crippen molar-refractivity contribution in [3.8, 4) is 5.88 Å². The smallest absolute Gasteiger partial charge is 0.217 e. The van der Waals surface area contributed by atoms with Gasteiger partial charge in [0.2, 0.25) is 5.88 Å². The Morgan fingerprint density at radius 1 is 1.67 bits per heavy atom. The van der Waals surface area contributed by atoms with Gasteiger partial charge in [0.1, 0.15) is 5.15 Å². The maximum Gasteiger partial charge on any atom is 0.217 e. The summed E-state index contributed by atoms with van der Waals surface area (Å²) in [5.74, 6) is 0.572. The fourth-order valence-corrected chi connectivity index (χ4v) is 1.07. The molecular formula is C9H10ClNO. The highest BCUT2D eigenvalue weighted by molar-refractivity contribution is 6.29. The van der Waals surface area contributed by atoms with Gasteiger partial charge in [-0.3, -0.25) is 0 Å². The van der Waals surface area contributed by atoms with Crippen LogP contribution in [0.4, 0.5) is 0 Å². The van der Waals surface area contributed by atoms with E-state index in [0.717, 1.165) is 12.0 Å². The maximum atomic E-state index is 5.68. The van der Waals surface area contributed by atoms with Gasteiger partial charge in [0.05, 0.1) is 7.11 Å². The first kappa shape index (κ1) is 9.07. The molecule has 3 heteroatoms. The molecule has 0 unspecified atom stereocenters. The van der Waals surface area contributed by atoms with E-state index < -0.39 is 0 Å². The minimum Gasteiger partial charge on any atom is -0.481 e. The van der Waals surface area contributed by atoms with E-state index in [1.165, 1.54) is 0 Å². The van der Waals surface area contributed by atoms with Crippen molar-refractivity contribution < 1.29 is 4.74 Å². The lowest BCUT2D eigenvalue weighted by molar-refractivity contribution is 0.393. The number of ether oxygens (including phenoxy) is 1. The standard InChI is InChI=1S/C9H10ClNO/c1-3-4-7-5-6-8(10)11-9(7)12-2/h3,5-6H,1,4H2,2H3. The largest absolute Gasteiger partial charge is 0.481 e. The van der Waals surface area contributed by atoms with E-state index in [1.807, 2.05) is 6.07 Å². The van der Waals surface area contributed by atoms with Crippen LogP contribution >= 0.6 is 11.6 Å². The van der Waals surface area contributed by atoms with Gasteiger partial charge < -0.3 is 4.74 Å². The SMILES string of the molecule is C=CCc1ccc(Cl)nc1OC. The molecule has 0 aliphatic heterocycles. The first-order valence-corrected chi connectivity index (χ1v) is 3.96. The Kier molecular flexibility index (Phi) is 3.11. The minimum atomic E-state index is 0.444. The average Bonchev–Trinajstić information content (AvgIpc) is 2.08. The van der Waals surface area contributed by atoms with Crippen molar-refractivity contribution in [1.29, 1.82) is 0 Å². The minimum absolute atomic E-state index is 0.444. The van der Waals surface area contributed by atoms with E-state index in [0.29, 0.717) is 11.0 Å². The molecule has 0 amide bonds. The second-order valence-corrected chi connectivity index (χ2v) is 2.68. The van der Waals surface area contributed by atoms with Crippen LogP contribution in [0.5, 0.6) is 5.88 Å². The molecule has 1 aromatic heterocycles. The highest BCUT2D eigenvalue weighted by Gasteiger charge is 2.02. The molecular weight excluding hydrogens is 174 g/mol. The summed E-state index contributed by atoms with van der Waals surface area (Å²) >= 11 is 5.68. The number of allylic oxidation sites excluding steroid dienone is 1. The molecule has 1 aromatic rings. The molecule has 0 radical (unpaired) electrons. The Balaban J connectivity index is 3.01. The Morgan fingerprint density at radius 3 is 3.00 bits per heavy atom. The van der Waals surface area contributed by atoms with E-state index in [-0.39, 0.29) is 0 Å². The molecule has 0 saturated carbocycles. The molecule has 1 heterocycles. The third-order valence-electron chi connectivity index (χ3n) is 1.46. The zero-order valence-corrected chi connectivity index (χ0v) is 7.64. The van der Waals surface area contributed by atoms with Crippen LogP contribution in [0.3, 0.4) is 0 Å². The van der Waals surface area contributed by atoms with E-state index in [9.17, 15) is 0 Å². The molecule has 1 rings (SSSR count). The summed E-state index contributed by atoms with van der Waals surface area (Å²) in [6.45, 7) is 3.64. The number of aromatic nitrogens is 1. The second-order valence-electron chi connectivity index (χ2n) is 2.30. The number of rotatable bonds is 3. The Morgan fingerprint density at radius 2 is 2.42 bits per heavy atom. The van der Waals surface area contributed by atoms with Gasteiger partial charge in [0, 0.05) is 5.56 Å². The van der Waals surface area contributed by atoms with Crippen molar-refractivity contribution in [2.24, 2.45) is 0 Å². The van der Waals surface area contributed by atoms with Gasteiger partial charge in [0.15, 0.2) is 0 Å². The molecule has 0 aromatic carbocycles. The molecule has 0 aliphatic carbocycles. The number of hydrogen-bond donors (Lipinski definition) is 0. The first-order chi connectivity index (χ1) is 5.77. The van der Waals surface area contributed by atoms with E-state index in [4.69, 9.17) is 16.3 Å². The zero-order valence-electron chi connectivity index (χ0n) is 6.88. The summed E-state index contributed by atoms with van der Waals surface area (Å²) < 4.78 is 5.04. The Labute approximate surface area is 76.8 Å². The topological polar surface area (TPSA) is 22.1 Å². The molecule has 0 saturated heterocycles. The fourth-order valence-electron chi connectivity index (χ4n) is 0.934. The summed E-state index contributed by atoms with van der Waals surface area (Å²) in [5.41, 5.74) is 0.997. The van der Waals surface area contributed by atoms with Crippen LogP contribution in [-0.2, 0) is 6.42 Å². The first-order valence-electron chi connectivity index (χ1n) is 3.58. The molecule has 0 N–H and O–H groups in total. The summed E-state index contributed by atoms with van der Waals surface area (Å²) in [6.07, 6.45) is 2.54. The van der Waals surface area contributed by atoms with Gasteiger partial charge in [-0.15, -0.1) is 6.58 Å². The third-order valence-corrected chi connectivity index (χ3v) is 1.67. The summed E-state index contributed by atoms with van der Waals surface area (Å²) in [6, 6.07) is 3.62. The van der Waals surface area contributed by atoms with E-state index in [2.05, 4.69) is 11.6 Å². The lowest BCUT2D eigenvalue weighted by atomic mass is 10.2. The molecule has 0 atom stereocenters. The molecule has 0 spiro atoms. The van der Waals surface area contributed by atoms with Gasteiger partial charge in [-0.1, -0.05) is 23.7 Å². The fraction of sp³-hybridized carbons (Fsp3) is 0.222.